The first-order chi connectivity index (χ1) is 11.5. The lowest BCUT2D eigenvalue weighted by Crippen LogP contribution is -2.37. The molecule has 0 heterocycles. The number of aliphatic hydroxyl groups excluding tert-OH is 1. The van der Waals surface area contributed by atoms with Gasteiger partial charge in [-0.15, -0.1) is 0 Å². The van der Waals surface area contributed by atoms with Crippen LogP contribution in [0.25, 0.3) is 0 Å². The molecule has 0 aliphatic heterocycles. The second-order valence-corrected chi connectivity index (χ2v) is 7.89. The van der Waals surface area contributed by atoms with Crippen LogP contribution in [0.4, 0.5) is 0 Å². The minimum absolute atomic E-state index is 0.0485. The Kier molecular flexibility index (Phi) is 5.26. The van der Waals surface area contributed by atoms with E-state index in [9.17, 15) is 4.79 Å². The van der Waals surface area contributed by atoms with Gasteiger partial charge >= 0.3 is 0 Å². The van der Waals surface area contributed by atoms with Gasteiger partial charge in [-0.2, -0.15) is 0 Å². The Hall–Kier alpha value is -1.39. The number of amides is 1. The number of carbonyl (C=O) groups is 1. The summed E-state index contributed by atoms with van der Waals surface area (Å²) in [6.45, 7) is 0.0485. The summed E-state index contributed by atoms with van der Waals surface area (Å²) in [6.07, 6.45) is 5.37. The second kappa shape index (κ2) is 7.24. The Morgan fingerprint density at radius 2 is 1.46 bits per heavy atom. The van der Waals surface area contributed by atoms with Gasteiger partial charge in [-0.1, -0.05) is 24.3 Å². The van der Waals surface area contributed by atoms with Crippen molar-refractivity contribution in [1.82, 2.24) is 9.80 Å². The number of aliphatic hydroxyl groups is 1. The molecule has 3 rings (SSSR count). The zero-order valence-electron chi connectivity index (χ0n) is 15.1. The number of likely N-dealkylation sites (N-methyl/N-ethyl adjacent to an activating group) is 1. The van der Waals surface area contributed by atoms with Crippen molar-refractivity contribution in [2.75, 3.05) is 21.1 Å². The molecule has 1 amide bonds. The summed E-state index contributed by atoms with van der Waals surface area (Å²) in [5.41, 5.74) is 1.91. The van der Waals surface area contributed by atoms with E-state index in [-0.39, 0.29) is 12.5 Å². The molecule has 2 saturated carbocycles. The molecule has 24 heavy (non-hydrogen) atoms. The molecule has 0 bridgehead atoms. The monoisotopic (exact) mass is 330 g/mol. The first-order valence-electron chi connectivity index (χ1n) is 9.08. The highest BCUT2D eigenvalue weighted by Crippen LogP contribution is 2.46. The predicted molar refractivity (Wildman–Crippen MR) is 95.5 cm³/mol. The highest BCUT2D eigenvalue weighted by molar-refractivity contribution is 5.78. The van der Waals surface area contributed by atoms with E-state index in [4.69, 9.17) is 5.11 Å². The third kappa shape index (κ3) is 3.65. The Morgan fingerprint density at radius 1 is 0.958 bits per heavy atom. The lowest BCUT2D eigenvalue weighted by Gasteiger charge is -2.27. The van der Waals surface area contributed by atoms with Crippen molar-refractivity contribution >= 4 is 5.91 Å². The minimum Gasteiger partial charge on any atom is -0.392 e. The van der Waals surface area contributed by atoms with Gasteiger partial charge in [0.25, 0.3) is 0 Å². The standard InChI is InChI=1S/C20H30N2O2/c1-21(2)18-9-16-11-19(12-17(16)10-18)22(3)20(24)8-14-4-6-15(13-23)7-5-14/h4-7,16-19,23H,8-13H2,1-3H3/t16-,17+,18?,19?. The zero-order chi connectivity index (χ0) is 17.3. The summed E-state index contributed by atoms with van der Waals surface area (Å²) >= 11 is 0. The van der Waals surface area contributed by atoms with Crippen LogP contribution in [-0.4, -0.2) is 54.0 Å². The number of hydrogen-bond acceptors (Lipinski definition) is 3. The lowest BCUT2D eigenvalue weighted by atomic mass is 10.0. The highest BCUT2D eigenvalue weighted by atomic mass is 16.3. The topological polar surface area (TPSA) is 43.8 Å². The van der Waals surface area contributed by atoms with Gasteiger partial charge in [0.2, 0.25) is 5.91 Å². The van der Waals surface area contributed by atoms with E-state index in [1.165, 1.54) is 25.7 Å². The van der Waals surface area contributed by atoms with Crippen molar-refractivity contribution in [1.29, 1.82) is 0 Å². The molecule has 1 aromatic carbocycles. The average molecular weight is 330 g/mol. The van der Waals surface area contributed by atoms with E-state index in [1.807, 2.05) is 36.2 Å². The van der Waals surface area contributed by atoms with Crippen molar-refractivity contribution in [3.05, 3.63) is 35.4 Å². The Labute approximate surface area is 145 Å². The van der Waals surface area contributed by atoms with Crippen LogP contribution in [0.2, 0.25) is 0 Å². The summed E-state index contributed by atoms with van der Waals surface area (Å²) in [6, 6.07) is 8.82. The molecule has 2 fully saturated rings. The van der Waals surface area contributed by atoms with Crippen molar-refractivity contribution < 1.29 is 9.90 Å². The first kappa shape index (κ1) is 17.4. The second-order valence-electron chi connectivity index (χ2n) is 7.89. The highest BCUT2D eigenvalue weighted by Gasteiger charge is 2.43. The van der Waals surface area contributed by atoms with Crippen LogP contribution >= 0.6 is 0 Å². The number of fused-ring (bicyclic) bond motifs is 1. The quantitative estimate of drug-likeness (QED) is 0.901. The summed E-state index contributed by atoms with van der Waals surface area (Å²) < 4.78 is 0. The number of rotatable bonds is 5. The molecule has 2 aliphatic rings. The van der Waals surface area contributed by atoms with Gasteiger partial charge in [0.05, 0.1) is 13.0 Å². The van der Waals surface area contributed by atoms with Crippen LogP contribution < -0.4 is 0 Å². The van der Waals surface area contributed by atoms with Crippen LogP contribution in [0.1, 0.15) is 36.8 Å². The normalized spacial score (nSPS) is 29.0. The molecule has 4 nitrogen and oxygen atoms in total. The predicted octanol–water partition coefficient (Wildman–Crippen LogP) is 2.30. The zero-order valence-corrected chi connectivity index (χ0v) is 15.1. The Balaban J connectivity index is 1.53. The summed E-state index contributed by atoms with van der Waals surface area (Å²) in [7, 11) is 6.33. The molecular formula is C20H30N2O2. The smallest absolute Gasteiger partial charge is 0.226 e. The maximum absolute atomic E-state index is 12.6. The van der Waals surface area contributed by atoms with Crippen molar-refractivity contribution in [3.8, 4) is 0 Å². The molecule has 1 N–H and O–H groups in total. The molecule has 132 valence electrons. The Morgan fingerprint density at radius 3 is 1.96 bits per heavy atom. The maximum Gasteiger partial charge on any atom is 0.226 e. The largest absolute Gasteiger partial charge is 0.392 e. The number of carbonyl (C=O) groups excluding carboxylic acids is 1. The van der Waals surface area contributed by atoms with Crippen LogP contribution in [0.3, 0.4) is 0 Å². The fourth-order valence-electron chi connectivity index (χ4n) is 4.56. The molecule has 0 radical (unpaired) electrons. The van der Waals surface area contributed by atoms with Crippen LogP contribution in [0.5, 0.6) is 0 Å². The molecule has 0 spiro atoms. The lowest BCUT2D eigenvalue weighted by molar-refractivity contribution is -0.131. The fraction of sp³-hybridized carbons (Fsp3) is 0.650. The van der Waals surface area contributed by atoms with Gasteiger partial charge in [0.1, 0.15) is 0 Å². The molecule has 4 atom stereocenters. The van der Waals surface area contributed by atoms with Gasteiger partial charge in [-0.3, -0.25) is 4.79 Å². The average Bonchev–Trinajstić information content (AvgIpc) is 3.13. The van der Waals surface area contributed by atoms with Gasteiger partial charge in [-0.25, -0.2) is 0 Å². The SMILES string of the molecule is CN(C)C1C[C@@H]2CC(N(C)C(=O)Cc3ccc(CO)cc3)C[C@@H]2C1. The van der Waals surface area contributed by atoms with Gasteiger partial charge in [0.15, 0.2) is 0 Å². The molecule has 0 aromatic heterocycles. The molecule has 0 saturated heterocycles. The summed E-state index contributed by atoms with van der Waals surface area (Å²) in [4.78, 5) is 17.0. The van der Waals surface area contributed by atoms with Gasteiger partial charge in [-0.05, 0) is 62.7 Å². The summed E-state index contributed by atoms with van der Waals surface area (Å²) in [5.74, 6) is 1.80. The van der Waals surface area contributed by atoms with Crippen molar-refractivity contribution in [2.24, 2.45) is 11.8 Å². The molecular weight excluding hydrogens is 300 g/mol. The maximum atomic E-state index is 12.6. The first-order valence-corrected chi connectivity index (χ1v) is 9.08. The van der Waals surface area contributed by atoms with Crippen molar-refractivity contribution in [3.63, 3.8) is 0 Å². The van der Waals surface area contributed by atoms with Gasteiger partial charge in [0, 0.05) is 19.1 Å². The number of hydrogen-bond donors (Lipinski definition) is 1. The number of benzene rings is 1. The molecule has 1 aromatic rings. The van der Waals surface area contributed by atoms with Crippen LogP contribution in [-0.2, 0) is 17.8 Å². The number of nitrogens with zero attached hydrogens (tertiary/aromatic N) is 2. The van der Waals surface area contributed by atoms with Crippen LogP contribution in [0.15, 0.2) is 24.3 Å². The molecule has 2 aliphatic carbocycles. The van der Waals surface area contributed by atoms with Crippen molar-refractivity contribution in [2.45, 2.75) is 50.8 Å². The van der Waals surface area contributed by atoms with E-state index in [0.29, 0.717) is 12.5 Å². The van der Waals surface area contributed by atoms with E-state index < -0.39 is 0 Å². The van der Waals surface area contributed by atoms with E-state index in [0.717, 1.165) is 29.0 Å². The summed E-state index contributed by atoms with van der Waals surface area (Å²) in [5, 5.41) is 9.10. The molecule has 4 heteroatoms. The minimum atomic E-state index is 0.0485. The van der Waals surface area contributed by atoms with E-state index >= 15 is 0 Å². The third-order valence-electron chi connectivity index (χ3n) is 6.20. The van der Waals surface area contributed by atoms with E-state index in [1.54, 1.807) is 0 Å². The van der Waals surface area contributed by atoms with E-state index in [2.05, 4.69) is 19.0 Å². The van der Waals surface area contributed by atoms with Gasteiger partial charge < -0.3 is 14.9 Å². The van der Waals surface area contributed by atoms with Crippen LogP contribution in [0, 0.1) is 11.8 Å². The third-order valence-corrected chi connectivity index (χ3v) is 6.20. The molecule has 2 unspecified atom stereocenters. The Bertz CT molecular complexity index is 556. The fourth-order valence-corrected chi connectivity index (χ4v) is 4.56.